The number of hydrogen-bond donors (Lipinski definition) is 1. The van der Waals surface area contributed by atoms with Crippen LogP contribution in [-0.2, 0) is 0 Å². The second-order valence-corrected chi connectivity index (χ2v) is 6.89. The molecule has 1 fully saturated rings. The van der Waals surface area contributed by atoms with Gasteiger partial charge in [-0.15, -0.1) is 0 Å². The standard InChI is InChI=1S/C15H33N3/c1-15(2,3)18-11-7-14(8-12-18)6-10-17(5)13-9-16-4/h14,16H,6-13H2,1-5H3/p+1. The van der Waals surface area contributed by atoms with Crippen LogP contribution in [0.15, 0.2) is 0 Å². The van der Waals surface area contributed by atoms with E-state index < -0.39 is 0 Å². The molecule has 1 aliphatic rings. The van der Waals surface area contributed by atoms with Crippen LogP contribution in [0.25, 0.3) is 0 Å². The molecule has 0 amide bonds. The minimum atomic E-state index is 0.360. The van der Waals surface area contributed by atoms with Crippen molar-refractivity contribution in [2.75, 3.05) is 46.8 Å². The van der Waals surface area contributed by atoms with E-state index in [4.69, 9.17) is 0 Å². The summed E-state index contributed by atoms with van der Waals surface area (Å²) in [5.41, 5.74) is 0.360. The minimum absolute atomic E-state index is 0.360. The number of rotatable bonds is 6. The topological polar surface area (TPSA) is 23.1 Å². The smallest absolute Gasteiger partial charge is 0.0882 e. The van der Waals surface area contributed by atoms with Crippen LogP contribution < -0.4 is 5.32 Å². The molecule has 0 aromatic rings. The van der Waals surface area contributed by atoms with Crippen molar-refractivity contribution in [3.8, 4) is 0 Å². The minimum Gasteiger partial charge on any atom is -0.348 e. The number of piperidine rings is 1. The van der Waals surface area contributed by atoms with Gasteiger partial charge < -0.3 is 10.2 Å². The first-order chi connectivity index (χ1) is 8.43. The van der Waals surface area contributed by atoms with Crippen LogP contribution in [0.2, 0.25) is 0 Å². The summed E-state index contributed by atoms with van der Waals surface area (Å²) in [6.07, 6.45) is 4.17. The van der Waals surface area contributed by atoms with Crippen LogP contribution >= 0.6 is 0 Å². The van der Waals surface area contributed by atoms with Crippen molar-refractivity contribution in [1.82, 2.24) is 9.80 Å². The molecule has 1 aliphatic heterocycles. The van der Waals surface area contributed by atoms with Gasteiger partial charge in [-0.05, 0) is 72.6 Å². The monoisotopic (exact) mass is 256 g/mol. The van der Waals surface area contributed by atoms with Crippen LogP contribution in [0.5, 0.6) is 0 Å². The summed E-state index contributed by atoms with van der Waals surface area (Å²) in [7, 11) is 4.41. The quantitative estimate of drug-likeness (QED) is 0.767. The highest BCUT2D eigenvalue weighted by Gasteiger charge is 2.26. The number of nitrogens with zero attached hydrogens (tertiary/aromatic N) is 2. The molecule has 108 valence electrons. The lowest BCUT2D eigenvalue weighted by Crippen LogP contribution is -2.81. The molecule has 1 heterocycles. The molecule has 0 spiro atoms. The maximum Gasteiger partial charge on any atom is 0.0882 e. The third kappa shape index (κ3) is 5.68. The molecule has 0 aliphatic carbocycles. The van der Waals surface area contributed by atoms with Crippen LogP contribution in [-0.4, -0.2) is 62.2 Å². The highest BCUT2D eigenvalue weighted by atomic mass is 15.2. The Labute approximate surface area is 114 Å². The average molecular weight is 256 g/mol. The predicted molar refractivity (Wildman–Crippen MR) is 78.9 cm³/mol. The lowest BCUT2D eigenvalue weighted by Gasteiger charge is -2.41. The summed E-state index contributed by atoms with van der Waals surface area (Å²) in [6, 6.07) is 0. The highest BCUT2D eigenvalue weighted by Crippen LogP contribution is 2.25. The van der Waals surface area contributed by atoms with E-state index in [0.29, 0.717) is 5.54 Å². The summed E-state index contributed by atoms with van der Waals surface area (Å²) >= 11 is 0. The van der Waals surface area contributed by atoms with Crippen molar-refractivity contribution in [2.45, 2.75) is 45.6 Å². The van der Waals surface area contributed by atoms with Gasteiger partial charge in [0.05, 0.1) is 13.6 Å². The summed E-state index contributed by atoms with van der Waals surface area (Å²) < 4.78 is 0. The zero-order chi connectivity index (χ0) is 13.6. The lowest BCUT2D eigenvalue weighted by molar-refractivity contribution is -0.626. The van der Waals surface area contributed by atoms with Gasteiger partial charge in [-0.2, -0.15) is 0 Å². The van der Waals surface area contributed by atoms with E-state index in [1.807, 2.05) is 0 Å². The Hall–Kier alpha value is -0.120. The third-order valence-electron chi connectivity index (χ3n) is 4.28. The molecule has 18 heavy (non-hydrogen) atoms. The van der Waals surface area contributed by atoms with E-state index in [-0.39, 0.29) is 0 Å². The van der Waals surface area contributed by atoms with Gasteiger partial charge in [0.15, 0.2) is 0 Å². The van der Waals surface area contributed by atoms with E-state index in [1.54, 1.807) is 0 Å². The number of hydrogen-bond acceptors (Lipinski definition) is 2. The zero-order valence-electron chi connectivity index (χ0n) is 13.2. The summed E-state index contributed by atoms with van der Waals surface area (Å²) in [4.78, 5) is 5.12. The SMILES string of the molecule is C[NH2+]CCN(C)CCC1CCN(C(C)(C)C)CC1. The van der Waals surface area contributed by atoms with Gasteiger partial charge in [-0.3, -0.25) is 4.90 Å². The number of likely N-dealkylation sites (N-methyl/N-ethyl adjacent to an activating group) is 2. The van der Waals surface area contributed by atoms with Crippen molar-refractivity contribution < 1.29 is 5.32 Å². The second kappa shape index (κ2) is 7.46. The van der Waals surface area contributed by atoms with Crippen molar-refractivity contribution >= 4 is 0 Å². The first-order valence-corrected chi connectivity index (χ1v) is 7.65. The Balaban J connectivity index is 2.16. The van der Waals surface area contributed by atoms with E-state index in [2.05, 4.69) is 50.0 Å². The van der Waals surface area contributed by atoms with Crippen LogP contribution in [0, 0.1) is 5.92 Å². The van der Waals surface area contributed by atoms with Gasteiger partial charge in [0.25, 0.3) is 0 Å². The van der Waals surface area contributed by atoms with Gasteiger partial charge in [0, 0.05) is 12.1 Å². The van der Waals surface area contributed by atoms with Gasteiger partial charge in [-0.25, -0.2) is 0 Å². The molecular weight excluding hydrogens is 222 g/mol. The molecule has 3 heteroatoms. The largest absolute Gasteiger partial charge is 0.348 e. The van der Waals surface area contributed by atoms with Crippen LogP contribution in [0.4, 0.5) is 0 Å². The van der Waals surface area contributed by atoms with Crippen molar-refractivity contribution in [1.29, 1.82) is 0 Å². The Kier molecular flexibility index (Phi) is 6.61. The van der Waals surface area contributed by atoms with Crippen molar-refractivity contribution in [3.05, 3.63) is 0 Å². The molecule has 0 unspecified atom stereocenters. The highest BCUT2D eigenvalue weighted by molar-refractivity contribution is 4.81. The van der Waals surface area contributed by atoms with Gasteiger partial charge >= 0.3 is 0 Å². The molecule has 1 rings (SSSR count). The molecule has 1 saturated heterocycles. The molecule has 0 aromatic heterocycles. The fourth-order valence-corrected chi connectivity index (χ4v) is 2.76. The summed E-state index contributed by atoms with van der Waals surface area (Å²) in [5.74, 6) is 0.955. The predicted octanol–water partition coefficient (Wildman–Crippen LogP) is 1.01. The normalized spacial score (nSPS) is 19.7. The van der Waals surface area contributed by atoms with E-state index in [1.165, 1.54) is 52.0 Å². The first kappa shape index (κ1) is 15.9. The number of quaternary nitrogens is 1. The van der Waals surface area contributed by atoms with Gasteiger partial charge in [0.1, 0.15) is 0 Å². The summed E-state index contributed by atoms with van der Waals surface area (Å²) in [6.45, 7) is 13.3. The average Bonchev–Trinajstić information content (AvgIpc) is 2.33. The molecular formula is C15H34N3+. The molecule has 2 N–H and O–H groups in total. The van der Waals surface area contributed by atoms with E-state index >= 15 is 0 Å². The lowest BCUT2D eigenvalue weighted by atomic mass is 9.90. The van der Waals surface area contributed by atoms with Crippen molar-refractivity contribution in [2.24, 2.45) is 5.92 Å². The maximum atomic E-state index is 2.64. The molecule has 0 bridgehead atoms. The van der Waals surface area contributed by atoms with Crippen LogP contribution in [0.3, 0.4) is 0 Å². The summed E-state index contributed by atoms with van der Waals surface area (Å²) in [5, 5.41) is 2.26. The van der Waals surface area contributed by atoms with Crippen molar-refractivity contribution in [3.63, 3.8) is 0 Å². The second-order valence-electron chi connectivity index (χ2n) is 6.89. The third-order valence-corrected chi connectivity index (χ3v) is 4.28. The molecule has 0 atom stereocenters. The molecule has 3 nitrogen and oxygen atoms in total. The number of nitrogens with two attached hydrogens (primary N) is 1. The zero-order valence-corrected chi connectivity index (χ0v) is 13.2. The fourth-order valence-electron chi connectivity index (χ4n) is 2.76. The van der Waals surface area contributed by atoms with Gasteiger partial charge in [0.2, 0.25) is 0 Å². The van der Waals surface area contributed by atoms with Crippen LogP contribution in [0.1, 0.15) is 40.0 Å². The Morgan fingerprint density at radius 1 is 1.17 bits per heavy atom. The molecule has 0 aromatic carbocycles. The van der Waals surface area contributed by atoms with E-state index in [0.717, 1.165) is 5.92 Å². The Morgan fingerprint density at radius 3 is 2.28 bits per heavy atom. The number of likely N-dealkylation sites (tertiary alicyclic amines) is 1. The Bertz CT molecular complexity index is 214. The van der Waals surface area contributed by atoms with E-state index in [9.17, 15) is 0 Å². The maximum absolute atomic E-state index is 2.64. The Morgan fingerprint density at radius 2 is 1.78 bits per heavy atom. The first-order valence-electron chi connectivity index (χ1n) is 7.65. The molecule has 0 saturated carbocycles. The molecule has 0 radical (unpaired) electrons. The fraction of sp³-hybridized carbons (Fsp3) is 1.00. The van der Waals surface area contributed by atoms with Gasteiger partial charge in [-0.1, -0.05) is 0 Å².